The van der Waals surface area contributed by atoms with E-state index in [-0.39, 0.29) is 0 Å². The number of aromatic nitrogens is 2. The third-order valence-electron chi connectivity index (χ3n) is 3.86. The van der Waals surface area contributed by atoms with Gasteiger partial charge in [-0.15, -0.1) is 21.5 Å². The van der Waals surface area contributed by atoms with Crippen molar-refractivity contribution in [1.82, 2.24) is 20.0 Å². The highest BCUT2D eigenvalue weighted by atomic mass is 32.1. The second kappa shape index (κ2) is 4.63. The molecule has 2 heterocycles. The molecule has 2 fully saturated rings. The molecule has 1 unspecified atom stereocenters. The second-order valence-corrected chi connectivity index (χ2v) is 6.35. The molecule has 1 aliphatic heterocycles. The largest absolute Gasteiger partial charge is 0.298 e. The van der Waals surface area contributed by atoms with Crippen molar-refractivity contribution in [3.63, 3.8) is 0 Å². The van der Waals surface area contributed by atoms with E-state index in [1.807, 2.05) is 6.92 Å². The third-order valence-corrected chi connectivity index (χ3v) is 4.87. The van der Waals surface area contributed by atoms with Gasteiger partial charge in [0.1, 0.15) is 10.0 Å². The van der Waals surface area contributed by atoms with Crippen LogP contribution in [-0.4, -0.2) is 52.2 Å². The van der Waals surface area contributed by atoms with Crippen molar-refractivity contribution < 1.29 is 0 Å². The van der Waals surface area contributed by atoms with E-state index in [4.69, 9.17) is 0 Å². The molecular formula is C12H20N4S. The maximum atomic E-state index is 4.27. The van der Waals surface area contributed by atoms with Crippen LogP contribution < -0.4 is 0 Å². The van der Waals surface area contributed by atoms with Gasteiger partial charge in [-0.2, -0.15) is 0 Å². The van der Waals surface area contributed by atoms with E-state index in [0.717, 1.165) is 11.0 Å². The first-order chi connectivity index (χ1) is 8.24. The highest BCUT2D eigenvalue weighted by Gasteiger charge is 2.32. The van der Waals surface area contributed by atoms with E-state index in [1.54, 1.807) is 11.3 Å². The lowest BCUT2D eigenvalue weighted by atomic mass is 10.2. The van der Waals surface area contributed by atoms with E-state index in [1.165, 1.54) is 44.0 Å². The minimum Gasteiger partial charge on any atom is -0.298 e. The molecule has 0 bridgehead atoms. The molecule has 1 aliphatic carbocycles. The topological polar surface area (TPSA) is 32.3 Å². The lowest BCUT2D eigenvalue weighted by molar-refractivity contribution is 0.0971. The first-order valence-corrected chi connectivity index (χ1v) is 7.34. The van der Waals surface area contributed by atoms with Crippen molar-refractivity contribution in [2.45, 2.75) is 38.8 Å². The summed E-state index contributed by atoms with van der Waals surface area (Å²) in [5, 5.41) is 10.6. The van der Waals surface area contributed by atoms with Crippen LogP contribution in [0.4, 0.5) is 0 Å². The molecule has 0 spiro atoms. The van der Waals surface area contributed by atoms with Gasteiger partial charge in [-0.25, -0.2) is 0 Å². The van der Waals surface area contributed by atoms with Gasteiger partial charge in [0.05, 0.1) is 6.04 Å². The van der Waals surface area contributed by atoms with Gasteiger partial charge >= 0.3 is 0 Å². The van der Waals surface area contributed by atoms with Crippen molar-refractivity contribution in [1.29, 1.82) is 0 Å². The van der Waals surface area contributed by atoms with E-state index < -0.39 is 0 Å². The maximum Gasteiger partial charge on any atom is 0.134 e. The molecule has 3 rings (SSSR count). The number of rotatable bonds is 3. The van der Waals surface area contributed by atoms with E-state index in [2.05, 4.69) is 26.9 Å². The molecule has 4 nitrogen and oxygen atoms in total. The number of hydrogen-bond donors (Lipinski definition) is 0. The summed E-state index contributed by atoms with van der Waals surface area (Å²) in [6.07, 6.45) is 2.84. The van der Waals surface area contributed by atoms with Crippen molar-refractivity contribution in [3.8, 4) is 0 Å². The normalized spacial score (nSPS) is 25.1. The molecule has 1 aromatic heterocycles. The first-order valence-electron chi connectivity index (χ1n) is 6.52. The first kappa shape index (κ1) is 11.6. The molecule has 5 heteroatoms. The van der Waals surface area contributed by atoms with Crippen LogP contribution in [0, 0.1) is 6.92 Å². The van der Waals surface area contributed by atoms with Gasteiger partial charge in [0, 0.05) is 32.2 Å². The molecule has 0 radical (unpaired) electrons. The molecule has 0 amide bonds. The minimum atomic E-state index is 0.433. The quantitative estimate of drug-likeness (QED) is 0.819. The number of piperazine rings is 1. The summed E-state index contributed by atoms with van der Waals surface area (Å²) in [6, 6.07) is 1.35. The van der Waals surface area contributed by atoms with Crippen molar-refractivity contribution in [3.05, 3.63) is 10.0 Å². The fourth-order valence-corrected chi connectivity index (χ4v) is 3.35. The zero-order valence-corrected chi connectivity index (χ0v) is 11.4. The Morgan fingerprint density at radius 2 is 1.88 bits per heavy atom. The van der Waals surface area contributed by atoms with Crippen LogP contribution in [0.25, 0.3) is 0 Å². The molecule has 1 saturated heterocycles. The molecule has 1 aromatic rings. The Balaban J connectivity index is 1.58. The van der Waals surface area contributed by atoms with Crippen LogP contribution in [0.3, 0.4) is 0 Å². The lowest BCUT2D eigenvalue weighted by Gasteiger charge is -2.37. The van der Waals surface area contributed by atoms with Crippen molar-refractivity contribution in [2.24, 2.45) is 0 Å². The van der Waals surface area contributed by atoms with Gasteiger partial charge in [-0.3, -0.25) is 9.80 Å². The second-order valence-electron chi connectivity index (χ2n) is 5.14. The Kier molecular flexibility index (Phi) is 3.15. The van der Waals surface area contributed by atoms with Crippen LogP contribution >= 0.6 is 11.3 Å². The lowest BCUT2D eigenvalue weighted by Crippen LogP contribution is -2.47. The zero-order valence-electron chi connectivity index (χ0n) is 10.6. The van der Waals surface area contributed by atoms with Crippen LogP contribution in [-0.2, 0) is 0 Å². The summed E-state index contributed by atoms with van der Waals surface area (Å²) in [6.45, 7) is 9.10. The van der Waals surface area contributed by atoms with Gasteiger partial charge in [-0.05, 0) is 26.7 Å². The molecule has 94 valence electrons. The zero-order chi connectivity index (χ0) is 11.8. The molecule has 1 saturated carbocycles. The van der Waals surface area contributed by atoms with Gasteiger partial charge in [0.25, 0.3) is 0 Å². The maximum absolute atomic E-state index is 4.27. The van der Waals surface area contributed by atoms with E-state index >= 15 is 0 Å². The Morgan fingerprint density at radius 1 is 1.18 bits per heavy atom. The highest BCUT2D eigenvalue weighted by molar-refractivity contribution is 7.11. The van der Waals surface area contributed by atoms with Crippen LogP contribution in [0.1, 0.15) is 35.8 Å². The van der Waals surface area contributed by atoms with Crippen LogP contribution in [0.2, 0.25) is 0 Å². The van der Waals surface area contributed by atoms with Gasteiger partial charge in [0.2, 0.25) is 0 Å². The van der Waals surface area contributed by atoms with E-state index in [0.29, 0.717) is 6.04 Å². The Hall–Kier alpha value is -0.520. The smallest absolute Gasteiger partial charge is 0.134 e. The van der Waals surface area contributed by atoms with Crippen molar-refractivity contribution >= 4 is 11.3 Å². The fourth-order valence-electron chi connectivity index (χ4n) is 2.57. The standard InChI is InChI=1S/C12H20N4S/c1-9(12-14-13-10(2)17-12)15-5-7-16(8-6-15)11-3-4-11/h9,11H,3-8H2,1-2H3. The van der Waals surface area contributed by atoms with Gasteiger partial charge in [0.15, 0.2) is 0 Å². The van der Waals surface area contributed by atoms with Crippen LogP contribution in [0.5, 0.6) is 0 Å². The molecule has 0 aromatic carbocycles. The average molecular weight is 252 g/mol. The Bertz CT molecular complexity index is 380. The highest BCUT2D eigenvalue weighted by Crippen LogP contribution is 2.30. The Morgan fingerprint density at radius 3 is 2.41 bits per heavy atom. The monoisotopic (exact) mass is 252 g/mol. The average Bonchev–Trinajstić information content (AvgIpc) is 3.11. The van der Waals surface area contributed by atoms with Crippen LogP contribution in [0.15, 0.2) is 0 Å². The fraction of sp³-hybridized carbons (Fsp3) is 0.833. The minimum absolute atomic E-state index is 0.433. The predicted octanol–water partition coefficient (Wildman–Crippen LogP) is 1.69. The summed E-state index contributed by atoms with van der Waals surface area (Å²) >= 11 is 1.73. The number of hydrogen-bond acceptors (Lipinski definition) is 5. The summed E-state index contributed by atoms with van der Waals surface area (Å²) in [7, 11) is 0. The molecule has 1 atom stereocenters. The molecular weight excluding hydrogens is 232 g/mol. The summed E-state index contributed by atoms with van der Waals surface area (Å²) < 4.78 is 0. The van der Waals surface area contributed by atoms with E-state index in [9.17, 15) is 0 Å². The summed E-state index contributed by atoms with van der Waals surface area (Å²) in [4.78, 5) is 5.19. The van der Waals surface area contributed by atoms with Gasteiger partial charge < -0.3 is 0 Å². The van der Waals surface area contributed by atoms with Crippen molar-refractivity contribution in [2.75, 3.05) is 26.2 Å². The molecule has 2 aliphatic rings. The van der Waals surface area contributed by atoms with Gasteiger partial charge in [-0.1, -0.05) is 0 Å². The number of nitrogens with zero attached hydrogens (tertiary/aromatic N) is 4. The predicted molar refractivity (Wildman–Crippen MR) is 69.2 cm³/mol. The molecule has 0 N–H and O–H groups in total. The summed E-state index contributed by atoms with van der Waals surface area (Å²) in [5.74, 6) is 0. The third kappa shape index (κ3) is 2.51. The SMILES string of the molecule is Cc1nnc(C(C)N2CCN(C3CC3)CC2)s1. The molecule has 17 heavy (non-hydrogen) atoms. The summed E-state index contributed by atoms with van der Waals surface area (Å²) in [5.41, 5.74) is 0. The number of aryl methyl sites for hydroxylation is 1. The Labute approximate surface area is 107 Å².